The lowest BCUT2D eigenvalue weighted by atomic mass is 9.97. The largest absolute Gasteiger partial charge is 0.493 e. The maximum absolute atomic E-state index is 13.5. The summed E-state index contributed by atoms with van der Waals surface area (Å²) >= 11 is 0. The number of methoxy groups -OCH3 is 1. The van der Waals surface area contributed by atoms with Gasteiger partial charge in [-0.1, -0.05) is 18.2 Å². The topological polar surface area (TPSA) is 76.2 Å². The fourth-order valence-electron chi connectivity index (χ4n) is 4.49. The number of hydrogen-bond donors (Lipinski definition) is 0. The zero-order chi connectivity index (χ0) is 25.0. The number of nitrogens with zero attached hydrogens (tertiary/aromatic N) is 2. The van der Waals surface area contributed by atoms with E-state index in [-0.39, 0.29) is 11.8 Å². The van der Waals surface area contributed by atoms with E-state index >= 15 is 0 Å². The van der Waals surface area contributed by atoms with Crippen LogP contribution in [-0.4, -0.2) is 63.9 Å². The second-order valence-electron chi connectivity index (χ2n) is 9.03. The number of aryl methyl sites for hydroxylation is 2. The second kappa shape index (κ2) is 10.8. The summed E-state index contributed by atoms with van der Waals surface area (Å²) in [5.41, 5.74) is 3.56. The van der Waals surface area contributed by atoms with Crippen LogP contribution in [0.4, 0.5) is 0 Å². The molecule has 34 heavy (non-hydrogen) atoms. The molecule has 8 heteroatoms. The molecule has 0 bridgehead atoms. The van der Waals surface area contributed by atoms with Crippen LogP contribution < -0.4 is 9.47 Å². The highest BCUT2D eigenvalue weighted by atomic mass is 32.2. The summed E-state index contributed by atoms with van der Waals surface area (Å²) in [6.45, 7) is 9.10. The lowest BCUT2D eigenvalue weighted by molar-refractivity contribution is -0.135. The van der Waals surface area contributed by atoms with E-state index in [0.29, 0.717) is 55.5 Å². The van der Waals surface area contributed by atoms with Crippen molar-refractivity contribution in [3.8, 4) is 11.5 Å². The molecule has 1 fully saturated rings. The summed E-state index contributed by atoms with van der Waals surface area (Å²) in [5, 5.41) is 0. The van der Waals surface area contributed by atoms with Crippen LogP contribution in [0.2, 0.25) is 0 Å². The molecule has 1 heterocycles. The van der Waals surface area contributed by atoms with E-state index in [1.54, 1.807) is 19.1 Å². The molecule has 0 radical (unpaired) electrons. The number of sulfonamides is 1. The average Bonchev–Trinajstić information content (AvgIpc) is 2.82. The zero-order valence-electron chi connectivity index (χ0n) is 21.1. The summed E-state index contributed by atoms with van der Waals surface area (Å²) in [6, 6.07) is 9.43. The van der Waals surface area contributed by atoms with Crippen molar-refractivity contribution in [1.82, 2.24) is 9.21 Å². The van der Waals surface area contributed by atoms with Crippen LogP contribution in [-0.2, 0) is 14.8 Å². The van der Waals surface area contributed by atoms with E-state index in [1.807, 2.05) is 58.0 Å². The van der Waals surface area contributed by atoms with Gasteiger partial charge in [-0.25, -0.2) is 8.42 Å². The van der Waals surface area contributed by atoms with Crippen LogP contribution in [0.1, 0.15) is 35.1 Å². The number of carbonyl (C=O) groups is 1. The first-order valence-electron chi connectivity index (χ1n) is 11.7. The van der Waals surface area contributed by atoms with Gasteiger partial charge in [-0.05, 0) is 74.9 Å². The lowest BCUT2D eigenvalue weighted by Gasteiger charge is -2.33. The molecule has 0 spiro atoms. The Balaban J connectivity index is 1.58. The highest BCUT2D eigenvalue weighted by Gasteiger charge is 2.35. The molecule has 2 aromatic rings. The monoisotopic (exact) mass is 488 g/mol. The molecule has 0 saturated carbocycles. The molecule has 0 aliphatic carbocycles. The Kier molecular flexibility index (Phi) is 8.25. The third-order valence-electron chi connectivity index (χ3n) is 6.83. The minimum Gasteiger partial charge on any atom is -0.493 e. The third-order valence-corrected chi connectivity index (χ3v) is 9.00. The minimum absolute atomic E-state index is 0.0273. The minimum atomic E-state index is -3.61. The quantitative estimate of drug-likeness (QED) is 0.564. The van der Waals surface area contributed by atoms with Gasteiger partial charge < -0.3 is 14.4 Å². The molecule has 3 rings (SSSR count). The summed E-state index contributed by atoms with van der Waals surface area (Å²) in [4.78, 5) is 15.1. The van der Waals surface area contributed by atoms with Gasteiger partial charge in [0.1, 0.15) is 6.61 Å². The smallest absolute Gasteiger partial charge is 0.243 e. The van der Waals surface area contributed by atoms with Gasteiger partial charge in [0.2, 0.25) is 15.9 Å². The van der Waals surface area contributed by atoms with Crippen molar-refractivity contribution in [2.45, 2.75) is 45.4 Å². The van der Waals surface area contributed by atoms with Gasteiger partial charge in [0, 0.05) is 26.1 Å². The highest BCUT2D eigenvalue weighted by Crippen LogP contribution is 2.31. The van der Waals surface area contributed by atoms with Crippen LogP contribution in [0.5, 0.6) is 11.5 Å². The number of benzene rings is 2. The fourth-order valence-corrected chi connectivity index (χ4v) is 6.54. The Bertz CT molecular complexity index is 1110. The Morgan fingerprint density at radius 3 is 2.15 bits per heavy atom. The molecule has 2 aromatic carbocycles. The SMILES string of the molecule is COc1ccccc1OCCN(C)C(=O)C1CCN(S(=O)(=O)c2c(C)c(C)cc(C)c2C)CC1. The van der Waals surface area contributed by atoms with Gasteiger partial charge in [-0.15, -0.1) is 0 Å². The predicted octanol–water partition coefficient (Wildman–Crippen LogP) is 3.87. The molecule has 1 saturated heterocycles. The predicted molar refractivity (Wildman–Crippen MR) is 133 cm³/mol. The number of para-hydroxylation sites is 2. The standard InChI is InChI=1S/C26H36N2O5S/c1-18-17-19(2)21(4)25(20(18)3)34(30,31)28-13-11-22(12-14-28)26(29)27(5)15-16-33-24-10-8-7-9-23(24)32-6/h7-10,17,22H,11-16H2,1-6H3. The number of ether oxygens (including phenoxy) is 2. The molecular weight excluding hydrogens is 452 g/mol. The number of piperidine rings is 1. The molecule has 0 unspecified atom stereocenters. The molecule has 0 N–H and O–H groups in total. The third kappa shape index (κ3) is 5.39. The fraction of sp³-hybridized carbons (Fsp3) is 0.500. The molecule has 1 aliphatic rings. The maximum atomic E-state index is 13.5. The number of hydrogen-bond acceptors (Lipinski definition) is 5. The number of carbonyl (C=O) groups excluding carboxylic acids is 1. The van der Waals surface area contributed by atoms with E-state index in [2.05, 4.69) is 0 Å². The van der Waals surface area contributed by atoms with E-state index in [4.69, 9.17) is 9.47 Å². The van der Waals surface area contributed by atoms with Crippen molar-refractivity contribution >= 4 is 15.9 Å². The van der Waals surface area contributed by atoms with Crippen LogP contribution in [0.25, 0.3) is 0 Å². The number of rotatable bonds is 8. The van der Waals surface area contributed by atoms with E-state index in [1.165, 1.54) is 4.31 Å². The summed E-state index contributed by atoms with van der Waals surface area (Å²) in [6.07, 6.45) is 1.03. The Hall–Kier alpha value is -2.58. The molecule has 0 atom stereocenters. The Morgan fingerprint density at radius 2 is 1.59 bits per heavy atom. The van der Waals surface area contributed by atoms with Gasteiger partial charge >= 0.3 is 0 Å². The average molecular weight is 489 g/mol. The van der Waals surface area contributed by atoms with Crippen LogP contribution in [0.15, 0.2) is 35.2 Å². The number of likely N-dealkylation sites (N-methyl/N-ethyl adjacent to an activating group) is 1. The van der Waals surface area contributed by atoms with Gasteiger partial charge in [0.25, 0.3) is 0 Å². The van der Waals surface area contributed by atoms with Crippen molar-refractivity contribution in [3.63, 3.8) is 0 Å². The lowest BCUT2D eigenvalue weighted by Crippen LogP contribution is -2.44. The van der Waals surface area contributed by atoms with Crippen molar-refractivity contribution in [2.24, 2.45) is 5.92 Å². The zero-order valence-corrected chi connectivity index (χ0v) is 21.9. The van der Waals surface area contributed by atoms with Crippen molar-refractivity contribution in [3.05, 3.63) is 52.6 Å². The van der Waals surface area contributed by atoms with Gasteiger partial charge in [-0.2, -0.15) is 4.31 Å². The van der Waals surface area contributed by atoms with Gasteiger partial charge in [0.15, 0.2) is 11.5 Å². The van der Waals surface area contributed by atoms with Crippen LogP contribution >= 0.6 is 0 Å². The molecule has 1 amide bonds. The normalized spacial score (nSPS) is 15.2. The Labute approximate surface area is 203 Å². The first-order valence-corrected chi connectivity index (χ1v) is 13.1. The molecule has 7 nitrogen and oxygen atoms in total. The summed E-state index contributed by atoms with van der Waals surface area (Å²) in [7, 11) is -0.259. The summed E-state index contributed by atoms with van der Waals surface area (Å²) < 4.78 is 39.6. The molecule has 186 valence electrons. The van der Waals surface area contributed by atoms with E-state index < -0.39 is 10.0 Å². The highest BCUT2D eigenvalue weighted by molar-refractivity contribution is 7.89. The van der Waals surface area contributed by atoms with Crippen molar-refractivity contribution in [2.75, 3.05) is 40.4 Å². The van der Waals surface area contributed by atoms with E-state index in [0.717, 1.165) is 22.3 Å². The second-order valence-corrected chi connectivity index (χ2v) is 10.9. The van der Waals surface area contributed by atoms with Crippen molar-refractivity contribution < 1.29 is 22.7 Å². The van der Waals surface area contributed by atoms with Crippen LogP contribution in [0, 0.1) is 33.6 Å². The number of amides is 1. The van der Waals surface area contributed by atoms with Gasteiger partial charge in [-0.3, -0.25) is 4.79 Å². The van der Waals surface area contributed by atoms with Crippen LogP contribution in [0.3, 0.4) is 0 Å². The van der Waals surface area contributed by atoms with E-state index in [9.17, 15) is 13.2 Å². The molecular formula is C26H36N2O5S. The first-order chi connectivity index (χ1) is 16.1. The molecule has 0 aromatic heterocycles. The molecule has 1 aliphatic heterocycles. The Morgan fingerprint density at radius 1 is 1.03 bits per heavy atom. The van der Waals surface area contributed by atoms with Gasteiger partial charge in [0.05, 0.1) is 18.6 Å². The maximum Gasteiger partial charge on any atom is 0.243 e. The first kappa shape index (κ1) is 26.0. The summed E-state index contributed by atoms with van der Waals surface area (Å²) in [5.74, 6) is 1.13. The van der Waals surface area contributed by atoms with Crippen molar-refractivity contribution in [1.29, 1.82) is 0 Å².